The Labute approximate surface area is 136 Å². The second-order valence-corrected chi connectivity index (χ2v) is 5.30. The van der Waals surface area contributed by atoms with Gasteiger partial charge in [-0.05, 0) is 18.6 Å². The minimum atomic E-state index is -0.473. The molecule has 0 unspecified atom stereocenters. The van der Waals surface area contributed by atoms with Gasteiger partial charge < -0.3 is 10.6 Å². The number of halogens is 2. The van der Waals surface area contributed by atoms with Crippen LogP contribution in [0.3, 0.4) is 0 Å². The van der Waals surface area contributed by atoms with Gasteiger partial charge in [0.1, 0.15) is 17.8 Å². The molecular formula is C13H13Cl2N5O2. The molecule has 2 aromatic rings. The number of nitrogens with zero attached hydrogens (tertiary/aromatic N) is 3. The van der Waals surface area contributed by atoms with Crippen molar-refractivity contribution in [3.63, 3.8) is 0 Å². The number of rotatable bonds is 6. The van der Waals surface area contributed by atoms with Crippen LogP contribution in [-0.4, -0.2) is 28.0 Å². The first-order valence-electron chi connectivity index (χ1n) is 6.37. The van der Waals surface area contributed by atoms with Crippen LogP contribution in [0.5, 0.6) is 0 Å². The van der Waals surface area contributed by atoms with E-state index in [2.05, 4.69) is 20.6 Å². The molecule has 2 rings (SSSR count). The Balaban J connectivity index is 1.87. The fourth-order valence-corrected chi connectivity index (χ4v) is 2.20. The van der Waals surface area contributed by atoms with Gasteiger partial charge >= 0.3 is 0 Å². The maximum Gasteiger partial charge on any atom is 0.287 e. The lowest BCUT2D eigenvalue weighted by Gasteiger charge is -2.10. The fourth-order valence-electron chi connectivity index (χ4n) is 1.75. The van der Waals surface area contributed by atoms with E-state index in [1.165, 1.54) is 18.5 Å². The predicted molar refractivity (Wildman–Crippen MR) is 86.9 cm³/mol. The SMILES string of the molecule is Cc1cc([N+](=O)[O-])cnc1NCCNc1ncc(Cl)cc1Cl. The average molecular weight is 342 g/mol. The predicted octanol–water partition coefficient (Wildman–Crippen LogP) is 3.52. The Hall–Kier alpha value is -2.12. The lowest BCUT2D eigenvalue weighted by Crippen LogP contribution is -2.15. The minimum Gasteiger partial charge on any atom is -0.368 e. The van der Waals surface area contributed by atoms with Crippen molar-refractivity contribution in [1.82, 2.24) is 9.97 Å². The highest BCUT2D eigenvalue weighted by Gasteiger charge is 2.09. The monoisotopic (exact) mass is 341 g/mol. The van der Waals surface area contributed by atoms with Crippen LogP contribution in [0.4, 0.5) is 17.3 Å². The molecule has 0 aliphatic rings. The van der Waals surface area contributed by atoms with E-state index in [1.807, 2.05) is 0 Å². The molecule has 116 valence electrons. The molecule has 22 heavy (non-hydrogen) atoms. The van der Waals surface area contributed by atoms with Crippen molar-refractivity contribution in [3.05, 3.63) is 50.2 Å². The van der Waals surface area contributed by atoms with Crippen molar-refractivity contribution in [3.8, 4) is 0 Å². The van der Waals surface area contributed by atoms with E-state index >= 15 is 0 Å². The summed E-state index contributed by atoms with van der Waals surface area (Å²) >= 11 is 11.8. The van der Waals surface area contributed by atoms with Gasteiger partial charge in [0.2, 0.25) is 0 Å². The zero-order valence-electron chi connectivity index (χ0n) is 11.6. The largest absolute Gasteiger partial charge is 0.368 e. The maximum atomic E-state index is 10.6. The van der Waals surface area contributed by atoms with Crippen molar-refractivity contribution >= 4 is 40.5 Å². The quantitative estimate of drug-likeness (QED) is 0.474. The number of hydrogen-bond acceptors (Lipinski definition) is 6. The third-order valence-corrected chi connectivity index (χ3v) is 3.29. The molecule has 2 heterocycles. The number of aromatic nitrogens is 2. The fraction of sp³-hybridized carbons (Fsp3) is 0.231. The van der Waals surface area contributed by atoms with Crippen molar-refractivity contribution in [2.24, 2.45) is 0 Å². The summed E-state index contributed by atoms with van der Waals surface area (Å²) in [5.41, 5.74) is 0.676. The third-order valence-electron chi connectivity index (χ3n) is 2.79. The first-order valence-corrected chi connectivity index (χ1v) is 7.13. The standard InChI is InChI=1S/C13H13Cl2N5O2/c1-8-4-10(20(21)22)7-19-12(8)16-2-3-17-13-11(15)5-9(14)6-18-13/h4-7H,2-3H2,1H3,(H,16,19)(H,17,18). The molecule has 9 heteroatoms. The topological polar surface area (TPSA) is 93.0 Å². The Kier molecular flexibility index (Phi) is 5.35. The highest BCUT2D eigenvalue weighted by atomic mass is 35.5. The maximum absolute atomic E-state index is 10.6. The van der Waals surface area contributed by atoms with Gasteiger partial charge in [-0.1, -0.05) is 23.2 Å². The molecule has 0 fully saturated rings. The average Bonchev–Trinajstić information content (AvgIpc) is 2.46. The van der Waals surface area contributed by atoms with E-state index in [-0.39, 0.29) is 5.69 Å². The van der Waals surface area contributed by atoms with Gasteiger partial charge in [0.15, 0.2) is 0 Å². The van der Waals surface area contributed by atoms with Gasteiger partial charge in [-0.15, -0.1) is 0 Å². The normalized spacial score (nSPS) is 10.3. The molecular weight excluding hydrogens is 329 g/mol. The molecule has 2 N–H and O–H groups in total. The second-order valence-electron chi connectivity index (χ2n) is 4.45. The summed E-state index contributed by atoms with van der Waals surface area (Å²) in [7, 11) is 0. The van der Waals surface area contributed by atoms with E-state index in [4.69, 9.17) is 23.2 Å². The number of nitro groups is 1. The molecule has 0 aliphatic heterocycles. The summed E-state index contributed by atoms with van der Waals surface area (Å²) in [6, 6.07) is 3.08. The van der Waals surface area contributed by atoms with Gasteiger partial charge in [-0.3, -0.25) is 10.1 Å². The summed E-state index contributed by atoms with van der Waals surface area (Å²) in [4.78, 5) is 18.3. The van der Waals surface area contributed by atoms with Gasteiger partial charge in [-0.2, -0.15) is 0 Å². The van der Waals surface area contributed by atoms with Crippen LogP contribution in [0.25, 0.3) is 0 Å². The van der Waals surface area contributed by atoms with Gasteiger partial charge in [0, 0.05) is 25.4 Å². The van der Waals surface area contributed by atoms with Crippen molar-refractivity contribution in [2.75, 3.05) is 23.7 Å². The van der Waals surface area contributed by atoms with Crippen molar-refractivity contribution < 1.29 is 4.92 Å². The van der Waals surface area contributed by atoms with Crippen LogP contribution < -0.4 is 10.6 Å². The molecule has 0 amide bonds. The minimum absolute atomic E-state index is 0.0293. The number of anilines is 2. The summed E-state index contributed by atoms with van der Waals surface area (Å²) in [5.74, 6) is 1.14. The summed E-state index contributed by atoms with van der Waals surface area (Å²) < 4.78 is 0. The zero-order valence-corrected chi connectivity index (χ0v) is 13.1. The number of aryl methyl sites for hydroxylation is 1. The van der Waals surface area contributed by atoms with Gasteiger partial charge in [0.05, 0.1) is 15.0 Å². The molecule has 0 saturated heterocycles. The highest BCUT2D eigenvalue weighted by Crippen LogP contribution is 2.22. The molecule has 0 radical (unpaired) electrons. The van der Waals surface area contributed by atoms with Gasteiger partial charge in [-0.25, -0.2) is 9.97 Å². The molecule has 0 bridgehead atoms. The number of hydrogen-bond donors (Lipinski definition) is 2. The van der Waals surface area contributed by atoms with Crippen LogP contribution in [0, 0.1) is 17.0 Å². The van der Waals surface area contributed by atoms with Gasteiger partial charge in [0.25, 0.3) is 5.69 Å². The molecule has 2 aromatic heterocycles. The van der Waals surface area contributed by atoms with Crippen LogP contribution >= 0.6 is 23.2 Å². The van der Waals surface area contributed by atoms with Crippen LogP contribution in [0.2, 0.25) is 10.0 Å². The lowest BCUT2D eigenvalue weighted by molar-refractivity contribution is -0.385. The van der Waals surface area contributed by atoms with E-state index in [0.29, 0.717) is 40.3 Å². The third kappa shape index (κ3) is 4.19. The summed E-state index contributed by atoms with van der Waals surface area (Å²) in [5, 5.41) is 17.7. The van der Waals surface area contributed by atoms with Crippen LogP contribution in [0.1, 0.15) is 5.56 Å². The molecule has 0 spiro atoms. The first-order chi connectivity index (χ1) is 10.5. The second kappa shape index (κ2) is 7.24. The van der Waals surface area contributed by atoms with E-state index in [0.717, 1.165) is 0 Å². The van der Waals surface area contributed by atoms with Crippen molar-refractivity contribution in [1.29, 1.82) is 0 Å². The molecule has 0 atom stereocenters. The van der Waals surface area contributed by atoms with Crippen LogP contribution in [-0.2, 0) is 0 Å². The molecule has 0 aromatic carbocycles. The van der Waals surface area contributed by atoms with Crippen molar-refractivity contribution in [2.45, 2.75) is 6.92 Å². The number of nitrogens with one attached hydrogen (secondary N) is 2. The molecule has 7 nitrogen and oxygen atoms in total. The van der Waals surface area contributed by atoms with E-state index in [9.17, 15) is 10.1 Å². The Bertz CT molecular complexity index is 696. The zero-order chi connectivity index (χ0) is 16.1. The summed E-state index contributed by atoms with van der Waals surface area (Å²) in [6.07, 6.45) is 2.73. The summed E-state index contributed by atoms with van der Waals surface area (Å²) in [6.45, 7) is 2.85. The van der Waals surface area contributed by atoms with E-state index in [1.54, 1.807) is 13.0 Å². The first kappa shape index (κ1) is 16.3. The van der Waals surface area contributed by atoms with Crippen LogP contribution in [0.15, 0.2) is 24.5 Å². The smallest absolute Gasteiger partial charge is 0.287 e. The molecule has 0 aliphatic carbocycles. The van der Waals surface area contributed by atoms with E-state index < -0.39 is 4.92 Å². The molecule has 0 saturated carbocycles. The highest BCUT2D eigenvalue weighted by molar-refractivity contribution is 6.35. The number of pyridine rings is 2. The Morgan fingerprint density at radius 1 is 1.14 bits per heavy atom. The lowest BCUT2D eigenvalue weighted by atomic mass is 10.2. The Morgan fingerprint density at radius 2 is 1.77 bits per heavy atom. The Morgan fingerprint density at radius 3 is 2.36 bits per heavy atom.